The summed E-state index contributed by atoms with van der Waals surface area (Å²) in [6.45, 7) is 0. The van der Waals surface area contributed by atoms with E-state index in [2.05, 4.69) is 5.32 Å². The molecule has 0 saturated heterocycles. The molecule has 2 nitrogen and oxygen atoms in total. The maximum atomic E-state index is 13.4. The van der Waals surface area contributed by atoms with Crippen molar-refractivity contribution in [2.75, 3.05) is 11.1 Å². The molecule has 0 bridgehead atoms. The number of para-hydroxylation sites is 1. The number of rotatable bonds is 5. The number of anilines is 1. The quantitative estimate of drug-likeness (QED) is 0.750. The molecule has 6 heteroatoms. The number of carbonyl (C=O) groups excluding carboxylic acids is 1. The Balaban J connectivity index is 1.87. The maximum Gasteiger partial charge on any atom is 0.225 e. The summed E-state index contributed by atoms with van der Waals surface area (Å²) < 4.78 is 13.4. The third-order valence-electron chi connectivity index (χ3n) is 2.65. The summed E-state index contributed by atoms with van der Waals surface area (Å²) in [6.07, 6.45) is 0.237. The Kier molecular flexibility index (Phi) is 5.91. The lowest BCUT2D eigenvalue weighted by molar-refractivity contribution is -0.115. The Hall–Kier alpha value is -1.23. The fraction of sp³-hybridized carbons (Fsp3) is 0.133. The number of hydrogen-bond donors (Lipinski definition) is 1. The van der Waals surface area contributed by atoms with Crippen LogP contribution in [0.1, 0.15) is 6.42 Å². The summed E-state index contributed by atoms with van der Waals surface area (Å²) in [5.74, 6) is -0.0274. The highest BCUT2D eigenvalue weighted by Gasteiger charge is 2.10. The number of hydrogen-bond acceptors (Lipinski definition) is 2. The minimum absolute atomic E-state index is 0.214. The predicted octanol–water partition coefficient (Wildman–Crippen LogP) is 5.25. The molecule has 1 amide bonds. The average molecular weight is 344 g/mol. The number of thioether (sulfide) groups is 1. The first-order chi connectivity index (χ1) is 10.1. The van der Waals surface area contributed by atoms with Crippen molar-refractivity contribution in [3.63, 3.8) is 0 Å². The molecule has 0 unspecified atom stereocenters. The zero-order valence-electron chi connectivity index (χ0n) is 10.9. The van der Waals surface area contributed by atoms with Crippen LogP contribution in [0.15, 0.2) is 47.4 Å². The van der Waals surface area contributed by atoms with Gasteiger partial charge in [-0.25, -0.2) is 4.39 Å². The first-order valence-electron chi connectivity index (χ1n) is 6.19. The van der Waals surface area contributed by atoms with Crippen molar-refractivity contribution < 1.29 is 9.18 Å². The Morgan fingerprint density at radius 1 is 1.10 bits per heavy atom. The van der Waals surface area contributed by atoms with Gasteiger partial charge in [-0.05, 0) is 24.3 Å². The van der Waals surface area contributed by atoms with E-state index in [1.165, 1.54) is 17.8 Å². The molecule has 0 fully saturated rings. The molecule has 0 aliphatic rings. The highest BCUT2D eigenvalue weighted by atomic mass is 35.5. The van der Waals surface area contributed by atoms with Gasteiger partial charge in [-0.15, -0.1) is 11.8 Å². The Bertz CT molecular complexity index is 631. The van der Waals surface area contributed by atoms with Crippen molar-refractivity contribution in [1.82, 2.24) is 0 Å². The zero-order chi connectivity index (χ0) is 15.2. The molecule has 110 valence electrons. The summed E-state index contributed by atoms with van der Waals surface area (Å²) in [7, 11) is 0. The van der Waals surface area contributed by atoms with Crippen LogP contribution in [0, 0.1) is 5.82 Å². The van der Waals surface area contributed by atoms with E-state index in [9.17, 15) is 9.18 Å². The van der Waals surface area contributed by atoms with Crippen LogP contribution in [-0.2, 0) is 4.79 Å². The summed E-state index contributed by atoms with van der Waals surface area (Å²) in [6, 6.07) is 11.5. The molecule has 0 aliphatic heterocycles. The zero-order valence-corrected chi connectivity index (χ0v) is 13.2. The first kappa shape index (κ1) is 16.1. The number of halogens is 3. The summed E-state index contributed by atoms with van der Waals surface area (Å²) in [4.78, 5) is 12.4. The molecule has 0 aliphatic carbocycles. The normalized spacial score (nSPS) is 10.4. The largest absolute Gasteiger partial charge is 0.324 e. The third kappa shape index (κ3) is 4.63. The summed E-state index contributed by atoms with van der Waals surface area (Å²) in [5.41, 5.74) is 0.404. The van der Waals surface area contributed by atoms with Crippen molar-refractivity contribution >= 4 is 46.6 Å². The van der Waals surface area contributed by atoms with Crippen molar-refractivity contribution in [3.8, 4) is 0 Å². The second-order valence-corrected chi connectivity index (χ2v) is 6.12. The van der Waals surface area contributed by atoms with Crippen LogP contribution in [0.5, 0.6) is 0 Å². The lowest BCUT2D eigenvalue weighted by Crippen LogP contribution is -2.12. The number of carbonyl (C=O) groups is 1. The Morgan fingerprint density at radius 3 is 2.43 bits per heavy atom. The van der Waals surface area contributed by atoms with Crippen molar-refractivity contribution in [2.24, 2.45) is 0 Å². The van der Waals surface area contributed by atoms with Crippen molar-refractivity contribution in [1.29, 1.82) is 0 Å². The predicted molar refractivity (Wildman–Crippen MR) is 86.8 cm³/mol. The molecule has 0 radical (unpaired) electrons. The molecule has 0 aromatic heterocycles. The van der Waals surface area contributed by atoms with Gasteiger partial charge in [0.1, 0.15) is 5.82 Å². The molecule has 2 rings (SSSR count). The van der Waals surface area contributed by atoms with Crippen LogP contribution in [0.25, 0.3) is 0 Å². The van der Waals surface area contributed by atoms with Crippen LogP contribution >= 0.6 is 35.0 Å². The molecule has 1 N–H and O–H groups in total. The van der Waals surface area contributed by atoms with Gasteiger partial charge in [0.25, 0.3) is 0 Å². The van der Waals surface area contributed by atoms with Crippen LogP contribution < -0.4 is 5.32 Å². The van der Waals surface area contributed by atoms with Crippen molar-refractivity contribution in [3.05, 3.63) is 58.3 Å². The highest BCUT2D eigenvalue weighted by molar-refractivity contribution is 7.99. The standard InChI is InChI=1S/C15H12Cl2FNOS/c16-10-4-3-5-11(17)15(10)19-14(20)8-9-21-13-7-2-1-6-12(13)18/h1-7H,8-9H2,(H,19,20). The second-order valence-electron chi connectivity index (χ2n) is 4.17. The van der Waals surface area contributed by atoms with E-state index < -0.39 is 0 Å². The van der Waals surface area contributed by atoms with Crippen LogP contribution in [0.2, 0.25) is 10.0 Å². The molecule has 0 saturated carbocycles. The lowest BCUT2D eigenvalue weighted by Gasteiger charge is -2.09. The number of amides is 1. The van der Waals surface area contributed by atoms with Gasteiger partial charge in [0.05, 0.1) is 15.7 Å². The topological polar surface area (TPSA) is 29.1 Å². The van der Waals surface area contributed by atoms with Crippen LogP contribution in [0.4, 0.5) is 10.1 Å². The fourth-order valence-corrected chi connectivity index (χ4v) is 3.01. The van der Waals surface area contributed by atoms with Gasteiger partial charge in [0.15, 0.2) is 0 Å². The molecule has 0 atom stereocenters. The van der Waals surface area contributed by atoms with Gasteiger partial charge in [-0.2, -0.15) is 0 Å². The minimum atomic E-state index is -0.281. The van der Waals surface area contributed by atoms with Gasteiger partial charge >= 0.3 is 0 Å². The van der Waals surface area contributed by atoms with Crippen LogP contribution in [-0.4, -0.2) is 11.7 Å². The van der Waals surface area contributed by atoms with Gasteiger partial charge in [0, 0.05) is 17.1 Å². The molecule has 0 spiro atoms. The molecule has 0 heterocycles. The SMILES string of the molecule is O=C(CCSc1ccccc1F)Nc1c(Cl)cccc1Cl. The maximum absolute atomic E-state index is 13.4. The van der Waals surface area contributed by atoms with E-state index in [0.717, 1.165) is 0 Å². The van der Waals surface area contributed by atoms with Crippen molar-refractivity contribution in [2.45, 2.75) is 11.3 Å². The number of nitrogens with one attached hydrogen (secondary N) is 1. The van der Waals surface area contributed by atoms with Crippen LogP contribution in [0.3, 0.4) is 0 Å². The number of benzene rings is 2. The fourth-order valence-electron chi connectivity index (χ4n) is 1.63. The first-order valence-corrected chi connectivity index (χ1v) is 7.93. The molecular weight excluding hydrogens is 332 g/mol. The van der Waals surface area contributed by atoms with E-state index in [1.54, 1.807) is 36.4 Å². The second kappa shape index (κ2) is 7.69. The Morgan fingerprint density at radius 2 is 1.76 bits per heavy atom. The van der Waals surface area contributed by atoms with E-state index in [0.29, 0.717) is 26.4 Å². The smallest absolute Gasteiger partial charge is 0.225 e. The summed E-state index contributed by atoms with van der Waals surface area (Å²) >= 11 is 13.2. The van der Waals surface area contributed by atoms with E-state index in [-0.39, 0.29) is 18.1 Å². The minimum Gasteiger partial charge on any atom is -0.324 e. The van der Waals surface area contributed by atoms with Gasteiger partial charge in [0.2, 0.25) is 5.91 Å². The van der Waals surface area contributed by atoms with Gasteiger partial charge in [-0.1, -0.05) is 41.4 Å². The lowest BCUT2D eigenvalue weighted by atomic mass is 10.3. The third-order valence-corrected chi connectivity index (χ3v) is 4.33. The van der Waals surface area contributed by atoms with E-state index in [4.69, 9.17) is 23.2 Å². The highest BCUT2D eigenvalue weighted by Crippen LogP contribution is 2.30. The Labute approximate surface area is 136 Å². The summed E-state index contributed by atoms with van der Waals surface area (Å²) in [5, 5.41) is 3.44. The van der Waals surface area contributed by atoms with E-state index >= 15 is 0 Å². The van der Waals surface area contributed by atoms with E-state index in [1.807, 2.05) is 0 Å². The van der Waals surface area contributed by atoms with Gasteiger partial charge in [-0.3, -0.25) is 4.79 Å². The molecule has 2 aromatic rings. The monoisotopic (exact) mass is 343 g/mol. The van der Waals surface area contributed by atoms with Gasteiger partial charge < -0.3 is 5.32 Å². The molecular formula is C15H12Cl2FNOS. The molecule has 2 aromatic carbocycles. The molecule has 21 heavy (non-hydrogen) atoms. The average Bonchev–Trinajstić information content (AvgIpc) is 2.45.